The van der Waals surface area contributed by atoms with E-state index >= 15 is 0 Å². The predicted octanol–water partition coefficient (Wildman–Crippen LogP) is 3.15. The second-order valence-electron chi connectivity index (χ2n) is 6.30. The number of carbonyl (C=O) groups excluding carboxylic acids is 2. The average molecular weight is 422 g/mol. The zero-order chi connectivity index (χ0) is 22.1. The first-order valence-corrected chi connectivity index (χ1v) is 9.33. The van der Waals surface area contributed by atoms with Gasteiger partial charge in [-0.1, -0.05) is 12.1 Å². The fourth-order valence-electron chi connectivity index (χ4n) is 2.65. The molecule has 8 nitrogen and oxygen atoms in total. The molecule has 1 heterocycles. The van der Waals surface area contributed by atoms with Gasteiger partial charge in [-0.05, 0) is 36.4 Å². The number of hydrogen-bond acceptors (Lipinski definition) is 6. The Morgan fingerprint density at radius 3 is 2.71 bits per heavy atom. The molecular weight excluding hydrogens is 403 g/mol. The lowest BCUT2D eigenvalue weighted by Crippen LogP contribution is -2.32. The summed E-state index contributed by atoms with van der Waals surface area (Å²) in [5.74, 6) is -0.771. The van der Waals surface area contributed by atoms with Crippen LogP contribution >= 0.6 is 0 Å². The first kappa shape index (κ1) is 21.4. The van der Waals surface area contributed by atoms with E-state index in [1.807, 2.05) is 0 Å². The molecule has 31 heavy (non-hydrogen) atoms. The van der Waals surface area contributed by atoms with E-state index in [-0.39, 0.29) is 30.4 Å². The Balaban J connectivity index is 1.41. The summed E-state index contributed by atoms with van der Waals surface area (Å²) in [6, 6.07) is 15.9. The third-order valence-corrected chi connectivity index (χ3v) is 4.09. The summed E-state index contributed by atoms with van der Waals surface area (Å²) in [4.78, 5) is 24.0. The van der Waals surface area contributed by atoms with Gasteiger partial charge in [0, 0.05) is 24.8 Å². The van der Waals surface area contributed by atoms with Crippen LogP contribution in [0.1, 0.15) is 16.1 Å². The number of anilines is 2. The third kappa shape index (κ3) is 6.08. The molecule has 0 fully saturated rings. The van der Waals surface area contributed by atoms with Crippen molar-refractivity contribution in [3.05, 3.63) is 78.0 Å². The minimum atomic E-state index is -0.604. The van der Waals surface area contributed by atoms with Crippen LogP contribution in [0.4, 0.5) is 15.8 Å². The molecule has 0 unspecified atom stereocenters. The molecule has 0 spiro atoms. The number of nitriles is 1. The second kappa shape index (κ2) is 10.5. The summed E-state index contributed by atoms with van der Waals surface area (Å²) >= 11 is 0. The van der Waals surface area contributed by atoms with Crippen molar-refractivity contribution in [2.45, 2.75) is 0 Å². The molecule has 2 amide bonds. The number of rotatable bonds is 9. The lowest BCUT2D eigenvalue weighted by Gasteiger charge is -2.11. The van der Waals surface area contributed by atoms with Gasteiger partial charge in [-0.15, -0.1) is 0 Å². The standard InChI is InChI=1S/C22H19FN4O4/c23-18-6-2-7-19(17(18)13-24)25-9-10-26-21(28)14-31-16-5-1-4-15(12-16)27-22(29)20-8-3-11-30-20/h1-8,11-12,25H,9-10,14H2,(H,26,28)(H,27,29). The van der Waals surface area contributed by atoms with Gasteiger partial charge in [0.2, 0.25) is 0 Å². The van der Waals surface area contributed by atoms with E-state index in [4.69, 9.17) is 14.4 Å². The molecule has 3 aromatic rings. The van der Waals surface area contributed by atoms with Crippen LogP contribution in [-0.2, 0) is 4.79 Å². The van der Waals surface area contributed by atoms with E-state index in [0.717, 1.165) is 0 Å². The van der Waals surface area contributed by atoms with Crippen molar-refractivity contribution in [1.82, 2.24) is 5.32 Å². The summed E-state index contributed by atoms with van der Waals surface area (Å²) in [6.45, 7) is 0.333. The Labute approximate surface area is 177 Å². The van der Waals surface area contributed by atoms with Crippen molar-refractivity contribution in [3.63, 3.8) is 0 Å². The molecule has 0 saturated heterocycles. The fourth-order valence-corrected chi connectivity index (χ4v) is 2.65. The van der Waals surface area contributed by atoms with Crippen molar-refractivity contribution in [3.8, 4) is 11.8 Å². The van der Waals surface area contributed by atoms with Crippen molar-refractivity contribution >= 4 is 23.2 Å². The van der Waals surface area contributed by atoms with Crippen molar-refractivity contribution in [1.29, 1.82) is 5.26 Å². The first-order valence-electron chi connectivity index (χ1n) is 9.33. The van der Waals surface area contributed by atoms with Crippen LogP contribution in [0, 0.1) is 17.1 Å². The predicted molar refractivity (Wildman–Crippen MR) is 111 cm³/mol. The van der Waals surface area contributed by atoms with Crippen molar-refractivity contribution in [2.24, 2.45) is 0 Å². The molecule has 3 rings (SSSR count). The molecule has 0 aliphatic heterocycles. The van der Waals surface area contributed by atoms with Crippen LogP contribution in [0.15, 0.2) is 65.3 Å². The van der Waals surface area contributed by atoms with Crippen LogP contribution in [0.25, 0.3) is 0 Å². The molecule has 158 valence electrons. The first-order chi connectivity index (χ1) is 15.1. The number of nitrogens with zero attached hydrogens (tertiary/aromatic N) is 1. The Bertz CT molecular complexity index is 1090. The van der Waals surface area contributed by atoms with Gasteiger partial charge in [0.25, 0.3) is 11.8 Å². The van der Waals surface area contributed by atoms with E-state index in [9.17, 15) is 14.0 Å². The number of hydrogen-bond donors (Lipinski definition) is 3. The summed E-state index contributed by atoms with van der Waals surface area (Å²) in [6.07, 6.45) is 1.41. The van der Waals surface area contributed by atoms with E-state index in [0.29, 0.717) is 23.7 Å². The van der Waals surface area contributed by atoms with Crippen LogP contribution in [0.3, 0.4) is 0 Å². The number of benzene rings is 2. The Morgan fingerprint density at radius 2 is 1.94 bits per heavy atom. The van der Waals surface area contributed by atoms with Gasteiger partial charge in [0.1, 0.15) is 23.2 Å². The highest BCUT2D eigenvalue weighted by Gasteiger charge is 2.10. The minimum Gasteiger partial charge on any atom is -0.484 e. The van der Waals surface area contributed by atoms with Gasteiger partial charge in [-0.3, -0.25) is 9.59 Å². The Hall–Kier alpha value is -4.32. The smallest absolute Gasteiger partial charge is 0.291 e. The SMILES string of the molecule is N#Cc1c(F)cccc1NCCNC(=O)COc1cccc(NC(=O)c2ccco2)c1. The Kier molecular flexibility index (Phi) is 7.21. The highest BCUT2D eigenvalue weighted by Crippen LogP contribution is 2.19. The zero-order valence-electron chi connectivity index (χ0n) is 16.4. The van der Waals surface area contributed by atoms with Crippen LogP contribution in [0.5, 0.6) is 5.75 Å². The summed E-state index contributed by atoms with van der Waals surface area (Å²) in [5.41, 5.74) is 0.782. The van der Waals surface area contributed by atoms with Gasteiger partial charge in [0.05, 0.1) is 12.0 Å². The van der Waals surface area contributed by atoms with Gasteiger partial charge in [-0.25, -0.2) is 4.39 Å². The molecule has 2 aromatic carbocycles. The molecule has 3 N–H and O–H groups in total. The molecule has 0 aliphatic rings. The number of halogens is 1. The van der Waals surface area contributed by atoms with Crippen LogP contribution < -0.4 is 20.7 Å². The van der Waals surface area contributed by atoms with Crippen molar-refractivity contribution < 1.29 is 23.1 Å². The van der Waals surface area contributed by atoms with E-state index < -0.39 is 11.7 Å². The van der Waals surface area contributed by atoms with Crippen molar-refractivity contribution in [2.75, 3.05) is 30.3 Å². The van der Waals surface area contributed by atoms with Crippen LogP contribution in [-0.4, -0.2) is 31.5 Å². The lowest BCUT2D eigenvalue weighted by atomic mass is 10.2. The average Bonchev–Trinajstić information content (AvgIpc) is 3.31. The van der Waals surface area contributed by atoms with E-state index in [2.05, 4.69) is 16.0 Å². The maximum absolute atomic E-state index is 13.5. The monoisotopic (exact) mass is 422 g/mol. The molecule has 0 radical (unpaired) electrons. The molecule has 0 bridgehead atoms. The van der Waals surface area contributed by atoms with E-state index in [1.165, 1.54) is 18.4 Å². The minimum absolute atomic E-state index is 0.0730. The second-order valence-corrected chi connectivity index (χ2v) is 6.30. The summed E-state index contributed by atoms with van der Waals surface area (Å²) in [7, 11) is 0. The number of furan rings is 1. The molecule has 0 atom stereocenters. The normalized spacial score (nSPS) is 10.1. The molecule has 0 aliphatic carbocycles. The lowest BCUT2D eigenvalue weighted by molar-refractivity contribution is -0.123. The highest BCUT2D eigenvalue weighted by molar-refractivity contribution is 6.02. The van der Waals surface area contributed by atoms with Crippen LogP contribution in [0.2, 0.25) is 0 Å². The molecule has 9 heteroatoms. The highest BCUT2D eigenvalue weighted by atomic mass is 19.1. The van der Waals surface area contributed by atoms with Gasteiger partial charge < -0.3 is 25.1 Å². The third-order valence-electron chi connectivity index (χ3n) is 4.09. The number of ether oxygens (including phenoxy) is 1. The summed E-state index contributed by atoms with van der Waals surface area (Å²) < 4.78 is 24.0. The summed E-state index contributed by atoms with van der Waals surface area (Å²) in [5, 5.41) is 17.2. The molecular formula is C22H19FN4O4. The maximum atomic E-state index is 13.5. The van der Waals surface area contributed by atoms with Gasteiger partial charge >= 0.3 is 0 Å². The largest absolute Gasteiger partial charge is 0.484 e. The fraction of sp³-hybridized carbons (Fsp3) is 0.136. The maximum Gasteiger partial charge on any atom is 0.291 e. The molecule has 1 aromatic heterocycles. The molecule has 0 saturated carbocycles. The van der Waals surface area contributed by atoms with Gasteiger partial charge in [-0.2, -0.15) is 5.26 Å². The number of nitrogens with one attached hydrogen (secondary N) is 3. The zero-order valence-corrected chi connectivity index (χ0v) is 16.4. The Morgan fingerprint density at radius 1 is 1.10 bits per heavy atom. The van der Waals surface area contributed by atoms with E-state index in [1.54, 1.807) is 48.5 Å². The number of carbonyl (C=O) groups is 2. The number of amides is 2. The van der Waals surface area contributed by atoms with Gasteiger partial charge in [0.15, 0.2) is 12.4 Å². The quantitative estimate of drug-likeness (QED) is 0.456. The topological polar surface area (TPSA) is 116 Å².